The second kappa shape index (κ2) is 9.63. The first kappa shape index (κ1) is 22.2. The van der Waals surface area contributed by atoms with Crippen LogP contribution in [-0.4, -0.2) is 16.6 Å². The summed E-state index contributed by atoms with van der Waals surface area (Å²) in [5.74, 6) is -0.259. The minimum Gasteiger partial charge on any atom is -0.267 e. The van der Waals surface area contributed by atoms with Gasteiger partial charge in [0.05, 0.1) is 31.7 Å². The fourth-order valence-electron chi connectivity index (χ4n) is 3.53. The minimum absolute atomic E-state index is 0.259. The van der Waals surface area contributed by atoms with Gasteiger partial charge >= 0.3 is 0 Å². The van der Waals surface area contributed by atoms with Crippen molar-refractivity contribution in [3.05, 3.63) is 86.6 Å². The van der Waals surface area contributed by atoms with E-state index in [1.807, 2.05) is 48.5 Å². The van der Waals surface area contributed by atoms with Crippen LogP contribution < -0.4 is 5.43 Å². The summed E-state index contributed by atoms with van der Waals surface area (Å²) in [5.41, 5.74) is 9.07. The largest absolute Gasteiger partial charge is 0.272 e. The molecule has 0 aliphatic carbocycles. The number of aromatic nitrogens is 1. The van der Waals surface area contributed by atoms with Crippen molar-refractivity contribution in [2.45, 2.75) is 33.6 Å². The average Bonchev–Trinajstić information content (AvgIpc) is 3.23. The molecular formula is C26H24ClN3OS. The fraction of sp³-hybridized carbons (Fsp3) is 0.192. The molecule has 0 spiro atoms. The molecule has 1 amide bonds. The van der Waals surface area contributed by atoms with Crippen molar-refractivity contribution in [3.8, 4) is 11.3 Å². The summed E-state index contributed by atoms with van der Waals surface area (Å²) in [6, 6.07) is 19.5. The van der Waals surface area contributed by atoms with Gasteiger partial charge in [0.15, 0.2) is 0 Å². The zero-order valence-corrected chi connectivity index (χ0v) is 19.8. The van der Waals surface area contributed by atoms with Gasteiger partial charge in [-0.05, 0) is 61.7 Å². The van der Waals surface area contributed by atoms with Crippen molar-refractivity contribution in [1.82, 2.24) is 10.4 Å². The molecule has 0 saturated heterocycles. The number of carbonyl (C=O) groups excluding carboxylic acids is 1. The Labute approximate surface area is 197 Å². The number of para-hydroxylation sites is 1. The molecule has 0 saturated carbocycles. The number of hydrazone groups is 1. The predicted molar refractivity (Wildman–Crippen MR) is 135 cm³/mol. The smallest absolute Gasteiger partial charge is 0.267 e. The monoisotopic (exact) mass is 461 g/mol. The Balaban J connectivity index is 1.73. The lowest BCUT2D eigenvalue weighted by molar-refractivity contribution is 0.0956. The number of nitrogens with zero attached hydrogens (tertiary/aromatic N) is 2. The second-order valence-corrected chi connectivity index (χ2v) is 9.44. The van der Waals surface area contributed by atoms with Crippen molar-refractivity contribution in [3.63, 3.8) is 0 Å². The Hall–Kier alpha value is -3.02. The average molecular weight is 462 g/mol. The van der Waals surface area contributed by atoms with E-state index < -0.39 is 0 Å². The Bertz CT molecular complexity index is 1330. The van der Waals surface area contributed by atoms with Crippen LogP contribution in [0.3, 0.4) is 0 Å². The summed E-state index contributed by atoms with van der Waals surface area (Å²) in [6.45, 7) is 6.24. The van der Waals surface area contributed by atoms with E-state index in [9.17, 15) is 4.79 Å². The topological polar surface area (TPSA) is 54.4 Å². The molecule has 2 aromatic carbocycles. The van der Waals surface area contributed by atoms with Gasteiger partial charge in [0.1, 0.15) is 0 Å². The lowest BCUT2D eigenvalue weighted by Crippen LogP contribution is -2.20. The maximum absolute atomic E-state index is 13.2. The molecule has 0 radical (unpaired) electrons. The van der Waals surface area contributed by atoms with E-state index >= 15 is 0 Å². The summed E-state index contributed by atoms with van der Waals surface area (Å²) < 4.78 is 0.702. The number of thiophene rings is 1. The third kappa shape index (κ3) is 4.74. The van der Waals surface area contributed by atoms with Crippen molar-refractivity contribution < 1.29 is 4.79 Å². The molecule has 4 aromatic rings. The normalized spacial score (nSPS) is 11.7. The Morgan fingerprint density at radius 1 is 1.06 bits per heavy atom. The number of pyridine rings is 1. The molecule has 4 nitrogen and oxygen atoms in total. The van der Waals surface area contributed by atoms with Gasteiger partial charge < -0.3 is 0 Å². The molecule has 6 heteroatoms. The first-order valence-corrected chi connectivity index (χ1v) is 11.8. The summed E-state index contributed by atoms with van der Waals surface area (Å²) in [6.07, 6.45) is 1.67. The summed E-state index contributed by atoms with van der Waals surface area (Å²) in [7, 11) is 0. The highest BCUT2D eigenvalue weighted by molar-refractivity contribution is 7.18. The van der Waals surface area contributed by atoms with Crippen LogP contribution in [0.1, 0.15) is 46.1 Å². The molecule has 4 rings (SSSR count). The van der Waals surface area contributed by atoms with E-state index in [0.717, 1.165) is 45.6 Å². The molecule has 1 N–H and O–H groups in total. The SMILES string of the molecule is CCCC(=NNC(=O)c1cc(-c2ccc(C)c(C)c2)nc2ccccc12)c1ccc(Cl)s1. The van der Waals surface area contributed by atoms with E-state index in [4.69, 9.17) is 16.6 Å². The molecule has 0 unspecified atom stereocenters. The number of hydrogen-bond donors (Lipinski definition) is 1. The Kier molecular flexibility index (Phi) is 6.68. The standard InChI is InChI=1S/C26H24ClN3OS/c1-4-7-22(24-12-13-25(27)32-24)29-30-26(31)20-15-23(18-11-10-16(2)17(3)14-18)28-21-9-6-5-8-19(20)21/h5-6,8-15H,4,7H2,1-3H3,(H,30,31). The number of aryl methyl sites for hydroxylation is 2. The van der Waals surface area contributed by atoms with Gasteiger partial charge in [-0.15, -0.1) is 11.3 Å². The maximum Gasteiger partial charge on any atom is 0.272 e. The number of benzene rings is 2. The van der Waals surface area contributed by atoms with Crippen LogP contribution in [0.2, 0.25) is 4.34 Å². The quantitative estimate of drug-likeness (QED) is 0.244. The molecule has 0 fully saturated rings. The molecule has 2 heterocycles. The highest BCUT2D eigenvalue weighted by atomic mass is 35.5. The molecule has 32 heavy (non-hydrogen) atoms. The third-order valence-electron chi connectivity index (χ3n) is 5.40. The van der Waals surface area contributed by atoms with Crippen LogP contribution in [0.15, 0.2) is 65.8 Å². The van der Waals surface area contributed by atoms with Crippen LogP contribution in [-0.2, 0) is 0 Å². The molecule has 0 bridgehead atoms. The van der Waals surface area contributed by atoms with Gasteiger partial charge in [-0.2, -0.15) is 5.10 Å². The summed E-state index contributed by atoms with van der Waals surface area (Å²) in [4.78, 5) is 19.0. The third-order valence-corrected chi connectivity index (χ3v) is 6.68. The van der Waals surface area contributed by atoms with E-state index in [1.54, 1.807) is 0 Å². The van der Waals surface area contributed by atoms with Gasteiger partial charge in [-0.1, -0.05) is 55.3 Å². The predicted octanol–water partition coefficient (Wildman–Crippen LogP) is 7.17. The van der Waals surface area contributed by atoms with Crippen LogP contribution >= 0.6 is 22.9 Å². The van der Waals surface area contributed by atoms with Gasteiger partial charge in [-0.25, -0.2) is 10.4 Å². The van der Waals surface area contributed by atoms with Gasteiger partial charge in [0.2, 0.25) is 0 Å². The number of halogens is 1. The zero-order chi connectivity index (χ0) is 22.7. The number of rotatable bonds is 6. The fourth-order valence-corrected chi connectivity index (χ4v) is 4.59. The van der Waals surface area contributed by atoms with Crippen LogP contribution in [0.5, 0.6) is 0 Å². The van der Waals surface area contributed by atoms with Crippen molar-refractivity contribution in [1.29, 1.82) is 0 Å². The van der Waals surface area contributed by atoms with Crippen LogP contribution in [0, 0.1) is 13.8 Å². The van der Waals surface area contributed by atoms with E-state index in [1.165, 1.54) is 22.5 Å². The van der Waals surface area contributed by atoms with Gasteiger partial charge in [0, 0.05) is 10.9 Å². The van der Waals surface area contributed by atoms with Gasteiger partial charge in [0.25, 0.3) is 5.91 Å². The molecule has 0 aliphatic rings. The zero-order valence-electron chi connectivity index (χ0n) is 18.3. The first-order valence-electron chi connectivity index (χ1n) is 10.6. The number of amides is 1. The molecule has 0 atom stereocenters. The molecule has 162 valence electrons. The lowest BCUT2D eigenvalue weighted by atomic mass is 10.0. The number of hydrogen-bond acceptors (Lipinski definition) is 4. The first-order chi connectivity index (χ1) is 15.5. The van der Waals surface area contributed by atoms with Crippen molar-refractivity contribution >= 4 is 45.5 Å². The number of fused-ring (bicyclic) bond motifs is 1. The van der Waals surface area contributed by atoms with E-state index in [2.05, 4.69) is 43.4 Å². The van der Waals surface area contributed by atoms with Crippen molar-refractivity contribution in [2.75, 3.05) is 0 Å². The second-order valence-electron chi connectivity index (χ2n) is 7.72. The maximum atomic E-state index is 13.2. The Morgan fingerprint density at radius 2 is 1.88 bits per heavy atom. The molecular weight excluding hydrogens is 438 g/mol. The van der Waals surface area contributed by atoms with Crippen molar-refractivity contribution in [2.24, 2.45) is 5.10 Å². The summed E-state index contributed by atoms with van der Waals surface area (Å²) >= 11 is 7.56. The van der Waals surface area contributed by atoms with Crippen LogP contribution in [0.4, 0.5) is 0 Å². The lowest BCUT2D eigenvalue weighted by Gasteiger charge is -2.11. The highest BCUT2D eigenvalue weighted by Crippen LogP contribution is 2.27. The highest BCUT2D eigenvalue weighted by Gasteiger charge is 2.15. The number of nitrogens with one attached hydrogen (secondary N) is 1. The minimum atomic E-state index is -0.259. The van der Waals surface area contributed by atoms with Crippen LogP contribution in [0.25, 0.3) is 22.2 Å². The number of carbonyl (C=O) groups is 1. The summed E-state index contributed by atoms with van der Waals surface area (Å²) in [5, 5.41) is 5.25. The van der Waals surface area contributed by atoms with E-state index in [0.29, 0.717) is 9.90 Å². The Morgan fingerprint density at radius 3 is 2.59 bits per heavy atom. The molecule has 2 aromatic heterocycles. The van der Waals surface area contributed by atoms with E-state index in [-0.39, 0.29) is 5.91 Å². The van der Waals surface area contributed by atoms with Gasteiger partial charge in [-0.3, -0.25) is 4.79 Å². The molecule has 0 aliphatic heterocycles.